The predicted molar refractivity (Wildman–Crippen MR) is 134 cm³/mol. The van der Waals surface area contributed by atoms with Crippen LogP contribution in [0.4, 0.5) is 5.69 Å². The molecule has 8 heteroatoms. The second-order valence-electron chi connectivity index (χ2n) is 8.42. The van der Waals surface area contributed by atoms with E-state index >= 15 is 0 Å². The number of furan rings is 1. The van der Waals surface area contributed by atoms with Crippen molar-refractivity contribution in [3.8, 4) is 5.75 Å². The van der Waals surface area contributed by atoms with Gasteiger partial charge in [0.2, 0.25) is 0 Å². The summed E-state index contributed by atoms with van der Waals surface area (Å²) in [6.45, 7) is 4.02. The smallest absolute Gasteiger partial charge is 0.309 e. The lowest BCUT2D eigenvalue weighted by atomic mass is 10.1. The lowest BCUT2D eigenvalue weighted by Gasteiger charge is -2.39. The van der Waals surface area contributed by atoms with Crippen molar-refractivity contribution < 1.29 is 18.7 Å². The second-order valence-corrected chi connectivity index (χ2v) is 8.42. The maximum Gasteiger partial charge on any atom is 0.309 e. The Morgan fingerprint density at radius 1 is 0.914 bits per heavy atom. The van der Waals surface area contributed by atoms with E-state index in [1.54, 1.807) is 13.4 Å². The summed E-state index contributed by atoms with van der Waals surface area (Å²) in [7, 11) is 1.61. The fourth-order valence-corrected chi connectivity index (χ4v) is 4.39. The highest BCUT2D eigenvalue weighted by Crippen LogP contribution is 2.24. The molecule has 0 bridgehead atoms. The van der Waals surface area contributed by atoms with Crippen molar-refractivity contribution >= 4 is 17.5 Å². The van der Waals surface area contributed by atoms with Gasteiger partial charge in [-0.1, -0.05) is 36.4 Å². The maximum atomic E-state index is 12.5. The topological polar surface area (TPSA) is 87.0 Å². The van der Waals surface area contributed by atoms with Crippen molar-refractivity contribution in [2.45, 2.75) is 12.5 Å². The van der Waals surface area contributed by atoms with Crippen LogP contribution in [0.1, 0.15) is 17.4 Å². The third kappa shape index (κ3) is 6.42. The molecule has 35 heavy (non-hydrogen) atoms. The molecule has 1 atom stereocenters. The van der Waals surface area contributed by atoms with E-state index in [0.29, 0.717) is 13.0 Å². The molecule has 8 nitrogen and oxygen atoms in total. The fraction of sp³-hybridized carbons (Fsp3) is 0.333. The van der Waals surface area contributed by atoms with Crippen LogP contribution in [0, 0.1) is 0 Å². The van der Waals surface area contributed by atoms with Crippen LogP contribution in [-0.4, -0.2) is 63.1 Å². The molecule has 0 spiro atoms. The van der Waals surface area contributed by atoms with Crippen LogP contribution in [0.15, 0.2) is 77.4 Å². The highest BCUT2D eigenvalue weighted by molar-refractivity contribution is 6.35. The fourth-order valence-electron chi connectivity index (χ4n) is 4.39. The van der Waals surface area contributed by atoms with Crippen LogP contribution < -0.4 is 20.3 Å². The molecule has 2 aromatic carbocycles. The first kappa shape index (κ1) is 24.3. The zero-order valence-corrected chi connectivity index (χ0v) is 20.0. The number of hydrogen-bond donors (Lipinski definition) is 2. The average molecular weight is 477 g/mol. The molecule has 184 valence electrons. The van der Waals surface area contributed by atoms with Gasteiger partial charge in [-0.2, -0.15) is 0 Å². The number of piperazine rings is 1. The number of rotatable bonds is 9. The zero-order valence-electron chi connectivity index (χ0n) is 20.0. The Morgan fingerprint density at radius 2 is 1.63 bits per heavy atom. The molecule has 1 saturated heterocycles. The molecule has 1 unspecified atom stereocenters. The third-order valence-corrected chi connectivity index (χ3v) is 6.28. The maximum absolute atomic E-state index is 12.5. The van der Waals surface area contributed by atoms with Gasteiger partial charge in [-0.15, -0.1) is 0 Å². The van der Waals surface area contributed by atoms with Gasteiger partial charge in [0, 0.05) is 45.0 Å². The van der Waals surface area contributed by atoms with Crippen LogP contribution in [0.2, 0.25) is 0 Å². The van der Waals surface area contributed by atoms with Gasteiger partial charge in [0.05, 0.1) is 19.4 Å². The van der Waals surface area contributed by atoms with Gasteiger partial charge in [0.1, 0.15) is 11.5 Å². The number of benzene rings is 2. The summed E-state index contributed by atoms with van der Waals surface area (Å²) in [6.07, 6.45) is 2.21. The quantitative estimate of drug-likeness (QED) is 0.462. The molecule has 2 amide bonds. The van der Waals surface area contributed by atoms with Gasteiger partial charge in [-0.25, -0.2) is 0 Å². The van der Waals surface area contributed by atoms with Gasteiger partial charge >= 0.3 is 11.8 Å². The SMILES string of the molecule is COc1ccccc1CCNC(=O)C(=O)NCC(c1ccco1)N1CCN(c2ccccc2)CC1. The number of methoxy groups -OCH3 is 1. The number of para-hydroxylation sites is 2. The summed E-state index contributed by atoms with van der Waals surface area (Å²) in [5.74, 6) is 0.242. The first-order chi connectivity index (χ1) is 17.2. The predicted octanol–water partition coefficient (Wildman–Crippen LogP) is 2.63. The Hall–Kier alpha value is -3.78. The molecule has 1 aliphatic rings. The second kappa shape index (κ2) is 12.1. The summed E-state index contributed by atoms with van der Waals surface area (Å²) < 4.78 is 11.0. The normalized spacial score (nSPS) is 14.8. The minimum atomic E-state index is -0.649. The summed E-state index contributed by atoms with van der Waals surface area (Å²) in [5.41, 5.74) is 2.18. The number of carbonyl (C=O) groups excluding carboxylic acids is 2. The first-order valence-corrected chi connectivity index (χ1v) is 11.9. The Labute approximate surface area is 205 Å². The molecule has 2 N–H and O–H groups in total. The number of nitrogens with one attached hydrogen (secondary N) is 2. The summed E-state index contributed by atoms with van der Waals surface area (Å²) in [5, 5.41) is 5.49. The largest absolute Gasteiger partial charge is 0.496 e. The molecular formula is C27H32N4O4. The van der Waals surface area contributed by atoms with Gasteiger partial charge < -0.3 is 24.7 Å². The minimum Gasteiger partial charge on any atom is -0.496 e. The van der Waals surface area contributed by atoms with E-state index in [1.807, 2.05) is 54.6 Å². The van der Waals surface area contributed by atoms with E-state index in [4.69, 9.17) is 9.15 Å². The van der Waals surface area contributed by atoms with Crippen molar-refractivity contribution in [3.05, 3.63) is 84.3 Å². The van der Waals surface area contributed by atoms with E-state index < -0.39 is 11.8 Å². The van der Waals surface area contributed by atoms with E-state index in [1.165, 1.54) is 5.69 Å². The zero-order chi connectivity index (χ0) is 24.5. The summed E-state index contributed by atoms with van der Waals surface area (Å²) in [6, 6.07) is 21.6. The molecule has 1 aromatic heterocycles. The standard InChI is InChI=1S/C27H32N4O4/c1-34-24-11-6-5-8-21(24)13-14-28-26(32)27(33)29-20-23(25-12-7-19-35-25)31-17-15-30(16-18-31)22-9-3-2-4-10-22/h2-12,19,23H,13-18,20H2,1H3,(H,28,32)(H,29,33). The van der Waals surface area contributed by atoms with Crippen molar-refractivity contribution in [3.63, 3.8) is 0 Å². The molecule has 4 rings (SSSR count). The van der Waals surface area contributed by atoms with Crippen LogP contribution in [0.5, 0.6) is 5.75 Å². The Morgan fingerprint density at radius 3 is 2.34 bits per heavy atom. The minimum absolute atomic E-state index is 0.145. The molecule has 0 radical (unpaired) electrons. The molecule has 1 fully saturated rings. The van der Waals surface area contributed by atoms with Crippen LogP contribution in [0.25, 0.3) is 0 Å². The molecular weight excluding hydrogens is 444 g/mol. The Bertz CT molecular complexity index is 1080. The van der Waals surface area contributed by atoms with Crippen LogP contribution >= 0.6 is 0 Å². The Balaban J connectivity index is 1.28. The summed E-state index contributed by atoms with van der Waals surface area (Å²) >= 11 is 0. The summed E-state index contributed by atoms with van der Waals surface area (Å²) in [4.78, 5) is 29.5. The van der Waals surface area contributed by atoms with Gasteiger partial charge in [-0.05, 0) is 42.3 Å². The third-order valence-electron chi connectivity index (χ3n) is 6.28. The molecule has 0 aliphatic carbocycles. The molecule has 2 heterocycles. The van der Waals surface area contributed by atoms with Gasteiger partial charge in [0.25, 0.3) is 0 Å². The van der Waals surface area contributed by atoms with E-state index in [9.17, 15) is 9.59 Å². The van der Waals surface area contributed by atoms with E-state index in [0.717, 1.165) is 43.3 Å². The van der Waals surface area contributed by atoms with Crippen LogP contribution in [0.3, 0.4) is 0 Å². The number of anilines is 1. The lowest BCUT2D eigenvalue weighted by molar-refractivity contribution is -0.139. The highest BCUT2D eigenvalue weighted by atomic mass is 16.5. The lowest BCUT2D eigenvalue weighted by Crippen LogP contribution is -2.50. The van der Waals surface area contributed by atoms with Crippen molar-refractivity contribution in [1.29, 1.82) is 0 Å². The van der Waals surface area contributed by atoms with Gasteiger partial charge in [-0.3, -0.25) is 14.5 Å². The first-order valence-electron chi connectivity index (χ1n) is 11.9. The Kier molecular flexibility index (Phi) is 8.40. The number of nitrogens with zero attached hydrogens (tertiary/aromatic N) is 2. The molecule has 1 aliphatic heterocycles. The van der Waals surface area contributed by atoms with Crippen LogP contribution in [-0.2, 0) is 16.0 Å². The average Bonchev–Trinajstić information content (AvgIpc) is 3.44. The molecule has 3 aromatic rings. The van der Waals surface area contributed by atoms with Crippen molar-refractivity contribution in [1.82, 2.24) is 15.5 Å². The van der Waals surface area contributed by atoms with Crippen molar-refractivity contribution in [2.75, 3.05) is 51.3 Å². The van der Waals surface area contributed by atoms with E-state index in [-0.39, 0.29) is 12.6 Å². The molecule has 0 saturated carbocycles. The van der Waals surface area contributed by atoms with Gasteiger partial charge in [0.15, 0.2) is 0 Å². The number of hydrogen-bond acceptors (Lipinski definition) is 6. The highest BCUT2D eigenvalue weighted by Gasteiger charge is 2.28. The van der Waals surface area contributed by atoms with Crippen molar-refractivity contribution in [2.24, 2.45) is 0 Å². The monoisotopic (exact) mass is 476 g/mol. The number of amides is 2. The number of carbonyl (C=O) groups is 2. The number of ether oxygens (including phenoxy) is 1. The van der Waals surface area contributed by atoms with E-state index in [2.05, 4.69) is 32.6 Å².